The quantitative estimate of drug-likeness (QED) is 0.899. The first kappa shape index (κ1) is 11.3. The van der Waals surface area contributed by atoms with Crippen molar-refractivity contribution in [2.75, 3.05) is 7.11 Å². The average Bonchev–Trinajstić information content (AvgIpc) is 2.88. The fourth-order valence-electron chi connectivity index (χ4n) is 1.95. The highest BCUT2D eigenvalue weighted by Gasteiger charge is 2.17. The molecule has 0 saturated heterocycles. The third kappa shape index (κ3) is 1.90. The third-order valence-electron chi connectivity index (χ3n) is 2.95. The number of benzene rings is 1. The third-order valence-corrected chi connectivity index (χ3v) is 3.92. The topological polar surface area (TPSA) is 55.0 Å². The average molecular weight is 260 g/mol. The lowest BCUT2D eigenvalue weighted by Gasteiger charge is -2.05. The van der Waals surface area contributed by atoms with E-state index in [-0.39, 0.29) is 5.56 Å². The first-order valence-electron chi connectivity index (χ1n) is 5.62. The Morgan fingerprint density at radius 2 is 2.06 bits per heavy atom. The zero-order valence-corrected chi connectivity index (χ0v) is 10.7. The second kappa shape index (κ2) is 4.49. The molecule has 0 fully saturated rings. The van der Waals surface area contributed by atoms with Gasteiger partial charge < -0.3 is 9.72 Å². The van der Waals surface area contributed by atoms with Gasteiger partial charge in [-0.1, -0.05) is 0 Å². The van der Waals surface area contributed by atoms with Crippen LogP contribution in [0.25, 0.3) is 11.4 Å². The summed E-state index contributed by atoms with van der Waals surface area (Å²) in [6.45, 7) is 0. The molecule has 0 amide bonds. The molecule has 0 spiro atoms. The Labute approximate surface area is 108 Å². The van der Waals surface area contributed by atoms with Gasteiger partial charge >= 0.3 is 0 Å². The Morgan fingerprint density at radius 1 is 1.28 bits per heavy atom. The predicted molar refractivity (Wildman–Crippen MR) is 71.8 cm³/mol. The molecule has 1 aromatic heterocycles. The lowest BCUT2D eigenvalue weighted by atomic mass is 10.2. The molecule has 1 aromatic carbocycles. The molecular formula is C13H12N2O2S. The molecule has 1 aliphatic heterocycles. The van der Waals surface area contributed by atoms with Crippen molar-refractivity contribution < 1.29 is 4.74 Å². The van der Waals surface area contributed by atoms with Gasteiger partial charge in [0.2, 0.25) is 0 Å². The molecule has 0 radical (unpaired) electrons. The van der Waals surface area contributed by atoms with E-state index in [4.69, 9.17) is 4.74 Å². The maximum absolute atomic E-state index is 11.9. The molecule has 2 heterocycles. The number of methoxy groups -OCH3 is 1. The summed E-state index contributed by atoms with van der Waals surface area (Å²) in [5.74, 6) is 3.00. The fraction of sp³-hybridized carbons (Fsp3) is 0.231. The molecule has 1 aliphatic rings. The molecule has 2 aromatic rings. The monoisotopic (exact) mass is 260 g/mol. The highest BCUT2D eigenvalue weighted by molar-refractivity contribution is 7.98. The summed E-state index contributed by atoms with van der Waals surface area (Å²) >= 11 is 1.72. The number of thioether (sulfide) groups is 1. The van der Waals surface area contributed by atoms with Crippen molar-refractivity contribution in [2.45, 2.75) is 11.5 Å². The molecule has 5 heteroatoms. The fourth-order valence-corrected chi connectivity index (χ4v) is 2.98. The summed E-state index contributed by atoms with van der Waals surface area (Å²) in [5, 5.41) is 0. The SMILES string of the molecule is COc1ccc(-c2nc3c(c(=O)[nH]2)CSC3)cc1. The standard InChI is InChI=1S/C13H12N2O2S/c1-17-9-4-2-8(3-5-9)12-14-11-7-18-6-10(11)13(16)15-12/h2-5H,6-7H2,1H3,(H,14,15,16). The smallest absolute Gasteiger partial charge is 0.255 e. The van der Waals surface area contributed by atoms with E-state index in [1.807, 2.05) is 24.3 Å². The summed E-state index contributed by atoms with van der Waals surface area (Å²) in [6, 6.07) is 7.51. The second-order valence-corrected chi connectivity index (χ2v) is 5.05. The van der Waals surface area contributed by atoms with Crippen molar-refractivity contribution in [1.82, 2.24) is 9.97 Å². The minimum Gasteiger partial charge on any atom is -0.497 e. The van der Waals surface area contributed by atoms with E-state index in [1.165, 1.54) is 0 Å². The van der Waals surface area contributed by atoms with Crippen LogP contribution in [0.1, 0.15) is 11.3 Å². The number of ether oxygens (including phenoxy) is 1. The number of H-pyrrole nitrogens is 1. The zero-order valence-electron chi connectivity index (χ0n) is 9.90. The lowest BCUT2D eigenvalue weighted by molar-refractivity contribution is 0.415. The molecule has 3 rings (SSSR count). The lowest BCUT2D eigenvalue weighted by Crippen LogP contribution is -2.15. The van der Waals surface area contributed by atoms with E-state index < -0.39 is 0 Å². The van der Waals surface area contributed by atoms with E-state index >= 15 is 0 Å². The van der Waals surface area contributed by atoms with Crippen LogP contribution in [0.2, 0.25) is 0 Å². The molecule has 92 valence electrons. The van der Waals surface area contributed by atoms with Gasteiger partial charge in [0.05, 0.1) is 12.8 Å². The summed E-state index contributed by atoms with van der Waals surface area (Å²) in [7, 11) is 1.63. The first-order chi connectivity index (χ1) is 8.78. The highest BCUT2D eigenvalue weighted by Crippen LogP contribution is 2.27. The molecule has 4 nitrogen and oxygen atoms in total. The molecule has 0 bridgehead atoms. The van der Waals surface area contributed by atoms with Crippen molar-refractivity contribution in [2.24, 2.45) is 0 Å². The van der Waals surface area contributed by atoms with Gasteiger partial charge in [-0.05, 0) is 24.3 Å². The van der Waals surface area contributed by atoms with Gasteiger partial charge in [0.25, 0.3) is 5.56 Å². The number of aromatic amines is 1. The van der Waals surface area contributed by atoms with Crippen LogP contribution in [0.15, 0.2) is 29.1 Å². The number of rotatable bonds is 2. The summed E-state index contributed by atoms with van der Waals surface area (Å²) < 4.78 is 5.11. The minimum atomic E-state index is -0.0178. The number of hydrogen-bond acceptors (Lipinski definition) is 4. The molecule has 0 atom stereocenters. The Kier molecular flexibility index (Phi) is 2.83. The molecule has 18 heavy (non-hydrogen) atoms. The van der Waals surface area contributed by atoms with Crippen LogP contribution in [-0.2, 0) is 11.5 Å². The van der Waals surface area contributed by atoms with Crippen LogP contribution < -0.4 is 10.3 Å². The van der Waals surface area contributed by atoms with Crippen molar-refractivity contribution in [3.8, 4) is 17.1 Å². The van der Waals surface area contributed by atoms with Crippen LogP contribution in [0.4, 0.5) is 0 Å². The van der Waals surface area contributed by atoms with E-state index in [2.05, 4.69) is 9.97 Å². The van der Waals surface area contributed by atoms with Gasteiger partial charge in [0, 0.05) is 22.6 Å². The number of nitrogens with zero attached hydrogens (tertiary/aromatic N) is 1. The van der Waals surface area contributed by atoms with Crippen LogP contribution in [-0.4, -0.2) is 17.1 Å². The minimum absolute atomic E-state index is 0.0178. The zero-order chi connectivity index (χ0) is 12.5. The summed E-state index contributed by atoms with van der Waals surface area (Å²) in [5.41, 5.74) is 2.61. The summed E-state index contributed by atoms with van der Waals surface area (Å²) in [6.07, 6.45) is 0. The van der Waals surface area contributed by atoms with Crippen LogP contribution in [0.5, 0.6) is 5.75 Å². The molecular weight excluding hydrogens is 248 g/mol. The van der Waals surface area contributed by atoms with Gasteiger partial charge in [-0.2, -0.15) is 11.8 Å². The maximum Gasteiger partial charge on any atom is 0.255 e. The number of nitrogens with one attached hydrogen (secondary N) is 1. The number of hydrogen-bond donors (Lipinski definition) is 1. The maximum atomic E-state index is 11.9. The van der Waals surface area contributed by atoms with Gasteiger partial charge in [0.15, 0.2) is 0 Å². The molecule has 0 saturated carbocycles. The predicted octanol–water partition coefficient (Wildman–Crippen LogP) is 2.19. The van der Waals surface area contributed by atoms with Crippen LogP contribution >= 0.6 is 11.8 Å². The molecule has 1 N–H and O–H groups in total. The molecule has 0 aliphatic carbocycles. The Balaban J connectivity index is 2.06. The Hall–Kier alpha value is -1.75. The van der Waals surface area contributed by atoms with Crippen LogP contribution in [0, 0.1) is 0 Å². The van der Waals surface area contributed by atoms with Crippen LogP contribution in [0.3, 0.4) is 0 Å². The van der Waals surface area contributed by atoms with Gasteiger partial charge in [-0.25, -0.2) is 4.98 Å². The van der Waals surface area contributed by atoms with Crippen molar-refractivity contribution >= 4 is 11.8 Å². The highest BCUT2D eigenvalue weighted by atomic mass is 32.2. The van der Waals surface area contributed by atoms with Crippen molar-refractivity contribution in [1.29, 1.82) is 0 Å². The van der Waals surface area contributed by atoms with E-state index in [0.717, 1.165) is 34.1 Å². The van der Waals surface area contributed by atoms with Gasteiger partial charge in [-0.15, -0.1) is 0 Å². The largest absolute Gasteiger partial charge is 0.497 e. The number of fused-ring (bicyclic) bond motifs is 1. The van der Waals surface area contributed by atoms with Gasteiger partial charge in [0.1, 0.15) is 11.6 Å². The van der Waals surface area contributed by atoms with Crippen molar-refractivity contribution in [3.05, 3.63) is 45.9 Å². The number of aromatic nitrogens is 2. The van der Waals surface area contributed by atoms with Crippen molar-refractivity contribution in [3.63, 3.8) is 0 Å². The van der Waals surface area contributed by atoms with E-state index in [9.17, 15) is 4.79 Å². The Morgan fingerprint density at radius 3 is 2.78 bits per heavy atom. The van der Waals surface area contributed by atoms with E-state index in [1.54, 1.807) is 18.9 Å². The molecule has 0 unspecified atom stereocenters. The second-order valence-electron chi connectivity index (χ2n) is 4.06. The van der Waals surface area contributed by atoms with E-state index in [0.29, 0.717) is 5.82 Å². The summed E-state index contributed by atoms with van der Waals surface area (Å²) in [4.78, 5) is 19.3. The Bertz CT molecular complexity index is 634. The normalized spacial score (nSPS) is 13.4. The van der Waals surface area contributed by atoms with Gasteiger partial charge in [-0.3, -0.25) is 4.79 Å². The first-order valence-corrected chi connectivity index (χ1v) is 6.77.